The van der Waals surface area contributed by atoms with Gasteiger partial charge in [0.1, 0.15) is 9.84 Å². The van der Waals surface area contributed by atoms with Crippen LogP contribution in [0.1, 0.15) is 23.6 Å². The highest BCUT2D eigenvalue weighted by molar-refractivity contribution is 7.90. The van der Waals surface area contributed by atoms with E-state index in [1.54, 1.807) is 0 Å². The number of sulfone groups is 1. The summed E-state index contributed by atoms with van der Waals surface area (Å²) in [4.78, 5) is 0. The summed E-state index contributed by atoms with van der Waals surface area (Å²) in [6.07, 6.45) is -3.28. The van der Waals surface area contributed by atoms with Gasteiger partial charge in [-0.15, -0.1) is 0 Å². The van der Waals surface area contributed by atoms with Gasteiger partial charge in [-0.3, -0.25) is 0 Å². The summed E-state index contributed by atoms with van der Waals surface area (Å²) >= 11 is 0. The van der Waals surface area contributed by atoms with E-state index < -0.39 is 27.6 Å². The van der Waals surface area contributed by atoms with E-state index in [1.165, 1.54) is 25.2 Å². The smallest absolute Gasteiger partial charge is 0.313 e. The summed E-state index contributed by atoms with van der Waals surface area (Å²) in [7, 11) is -1.69. The van der Waals surface area contributed by atoms with E-state index in [0.29, 0.717) is 0 Å². The third kappa shape index (κ3) is 4.83. The molecule has 1 aromatic carbocycles. The van der Waals surface area contributed by atoms with Crippen molar-refractivity contribution in [1.82, 2.24) is 5.32 Å². The monoisotopic (exact) mass is 295 g/mol. The first-order valence-corrected chi connectivity index (χ1v) is 7.72. The van der Waals surface area contributed by atoms with Crippen LogP contribution in [0.25, 0.3) is 0 Å². The number of rotatable bonds is 5. The first-order chi connectivity index (χ1) is 8.65. The Morgan fingerprint density at radius 3 is 2.32 bits per heavy atom. The van der Waals surface area contributed by atoms with Gasteiger partial charge in [0, 0.05) is 12.3 Å². The van der Waals surface area contributed by atoms with Crippen molar-refractivity contribution in [2.75, 3.05) is 19.1 Å². The van der Waals surface area contributed by atoms with Gasteiger partial charge >= 0.3 is 6.18 Å². The molecular formula is C12H16F3NO2S. The molecular weight excluding hydrogens is 279 g/mol. The van der Waals surface area contributed by atoms with Gasteiger partial charge in [-0.25, -0.2) is 8.42 Å². The van der Waals surface area contributed by atoms with Crippen LogP contribution in [0.4, 0.5) is 13.2 Å². The van der Waals surface area contributed by atoms with Crippen molar-refractivity contribution >= 4 is 9.84 Å². The Kier molecular flexibility index (Phi) is 4.98. The van der Waals surface area contributed by atoms with Crippen molar-refractivity contribution in [3.8, 4) is 0 Å². The molecule has 0 aliphatic carbocycles. The molecule has 0 radical (unpaired) electrons. The van der Waals surface area contributed by atoms with Crippen molar-refractivity contribution in [2.45, 2.75) is 18.6 Å². The Bertz CT molecular complexity index is 526. The summed E-state index contributed by atoms with van der Waals surface area (Å²) in [5.74, 6) is -0.162. The van der Waals surface area contributed by atoms with E-state index in [1.807, 2.05) is 0 Å². The first kappa shape index (κ1) is 16.0. The van der Waals surface area contributed by atoms with Crippen molar-refractivity contribution in [3.05, 3.63) is 35.4 Å². The lowest BCUT2D eigenvalue weighted by Gasteiger charge is -2.21. The number of benzene rings is 1. The Hall–Kier alpha value is -1.08. The lowest BCUT2D eigenvalue weighted by Crippen LogP contribution is -2.23. The molecule has 0 aromatic heterocycles. The molecule has 0 saturated carbocycles. The van der Waals surface area contributed by atoms with E-state index in [2.05, 4.69) is 5.32 Å². The van der Waals surface area contributed by atoms with Gasteiger partial charge in [-0.1, -0.05) is 18.2 Å². The Labute approximate surface area is 110 Å². The maximum Gasteiger partial charge on any atom is 0.416 e. The van der Waals surface area contributed by atoms with Crippen molar-refractivity contribution in [2.24, 2.45) is 0 Å². The SMILES string of the molecule is CNC(CCS(C)(=O)=O)c1ccccc1C(F)(F)F. The Morgan fingerprint density at radius 2 is 1.84 bits per heavy atom. The van der Waals surface area contributed by atoms with E-state index in [9.17, 15) is 21.6 Å². The van der Waals surface area contributed by atoms with Crippen LogP contribution in [0.5, 0.6) is 0 Å². The van der Waals surface area contributed by atoms with Gasteiger partial charge in [0.15, 0.2) is 0 Å². The Balaban J connectivity index is 3.05. The molecule has 1 rings (SSSR count). The molecule has 0 bridgehead atoms. The molecule has 1 atom stereocenters. The molecule has 0 aliphatic heterocycles. The van der Waals surface area contributed by atoms with Crippen LogP contribution in [0.2, 0.25) is 0 Å². The van der Waals surface area contributed by atoms with Crippen LogP contribution in [0.3, 0.4) is 0 Å². The molecule has 19 heavy (non-hydrogen) atoms. The fraction of sp³-hybridized carbons (Fsp3) is 0.500. The van der Waals surface area contributed by atoms with Crippen molar-refractivity contribution < 1.29 is 21.6 Å². The minimum absolute atomic E-state index is 0.0705. The van der Waals surface area contributed by atoms with E-state index in [4.69, 9.17) is 0 Å². The zero-order chi connectivity index (χ0) is 14.7. The molecule has 1 unspecified atom stereocenters. The second-order valence-electron chi connectivity index (χ2n) is 4.34. The highest BCUT2D eigenvalue weighted by Gasteiger charge is 2.34. The average Bonchev–Trinajstić information content (AvgIpc) is 2.27. The topological polar surface area (TPSA) is 46.2 Å². The third-order valence-corrected chi connectivity index (χ3v) is 3.74. The van der Waals surface area contributed by atoms with E-state index in [0.717, 1.165) is 12.3 Å². The predicted molar refractivity (Wildman–Crippen MR) is 67.6 cm³/mol. The van der Waals surface area contributed by atoms with Crippen LogP contribution >= 0.6 is 0 Å². The zero-order valence-electron chi connectivity index (χ0n) is 10.7. The molecule has 0 spiro atoms. The molecule has 108 valence electrons. The van der Waals surface area contributed by atoms with Gasteiger partial charge in [0.2, 0.25) is 0 Å². The fourth-order valence-electron chi connectivity index (χ4n) is 1.85. The number of alkyl halides is 3. The molecule has 0 saturated heterocycles. The largest absolute Gasteiger partial charge is 0.416 e. The average molecular weight is 295 g/mol. The van der Waals surface area contributed by atoms with Crippen molar-refractivity contribution in [3.63, 3.8) is 0 Å². The standard InChI is InChI=1S/C12H16F3NO2S/c1-16-11(7-8-19(2,17)18)9-5-3-4-6-10(9)12(13,14)15/h3-6,11,16H,7-8H2,1-2H3. The summed E-state index contributed by atoms with van der Waals surface area (Å²) in [6.45, 7) is 0. The predicted octanol–water partition coefficient (Wildman–Crippen LogP) is 2.40. The third-order valence-electron chi connectivity index (χ3n) is 2.77. The lowest BCUT2D eigenvalue weighted by atomic mass is 9.98. The molecule has 0 aliphatic rings. The van der Waals surface area contributed by atoms with E-state index in [-0.39, 0.29) is 17.7 Å². The van der Waals surface area contributed by atoms with Crippen molar-refractivity contribution in [1.29, 1.82) is 0 Å². The summed E-state index contributed by atoms with van der Waals surface area (Å²) in [6, 6.07) is 4.55. The van der Waals surface area contributed by atoms with Gasteiger partial charge in [-0.2, -0.15) is 13.2 Å². The van der Waals surface area contributed by atoms with Crippen LogP contribution in [0, 0.1) is 0 Å². The van der Waals surface area contributed by atoms with Gasteiger partial charge in [0.25, 0.3) is 0 Å². The number of hydrogen-bond acceptors (Lipinski definition) is 3. The maximum absolute atomic E-state index is 12.9. The van der Waals surface area contributed by atoms with Gasteiger partial charge in [0.05, 0.1) is 11.3 Å². The molecule has 1 N–H and O–H groups in total. The highest BCUT2D eigenvalue weighted by atomic mass is 32.2. The van der Waals surface area contributed by atoms with Gasteiger partial charge < -0.3 is 5.32 Å². The number of nitrogens with one attached hydrogen (secondary N) is 1. The second kappa shape index (κ2) is 5.92. The van der Waals surface area contributed by atoms with E-state index >= 15 is 0 Å². The Morgan fingerprint density at radius 1 is 1.26 bits per heavy atom. The molecule has 7 heteroatoms. The van der Waals surface area contributed by atoms with Crippen LogP contribution in [-0.4, -0.2) is 27.5 Å². The number of hydrogen-bond donors (Lipinski definition) is 1. The fourth-order valence-corrected chi connectivity index (χ4v) is 2.51. The van der Waals surface area contributed by atoms with Crippen LogP contribution in [0.15, 0.2) is 24.3 Å². The summed E-state index contributed by atoms with van der Waals surface area (Å²) in [5.41, 5.74) is -0.663. The highest BCUT2D eigenvalue weighted by Crippen LogP contribution is 2.35. The maximum atomic E-state index is 12.9. The van der Waals surface area contributed by atoms with Crippen LogP contribution < -0.4 is 5.32 Å². The summed E-state index contributed by atoms with van der Waals surface area (Å²) < 4.78 is 60.8. The zero-order valence-corrected chi connectivity index (χ0v) is 11.5. The van der Waals surface area contributed by atoms with Crippen LogP contribution in [-0.2, 0) is 16.0 Å². The molecule has 3 nitrogen and oxygen atoms in total. The number of halogens is 3. The quantitative estimate of drug-likeness (QED) is 0.907. The normalized spacial score (nSPS) is 14.4. The second-order valence-corrected chi connectivity index (χ2v) is 6.60. The molecule has 1 aromatic rings. The first-order valence-electron chi connectivity index (χ1n) is 5.66. The van der Waals surface area contributed by atoms with Gasteiger partial charge in [-0.05, 0) is 25.1 Å². The summed E-state index contributed by atoms with van der Waals surface area (Å²) in [5, 5.41) is 2.74. The molecule has 0 fully saturated rings. The minimum Gasteiger partial charge on any atom is -0.313 e. The lowest BCUT2D eigenvalue weighted by molar-refractivity contribution is -0.138. The minimum atomic E-state index is -4.45. The molecule has 0 amide bonds. The molecule has 0 heterocycles.